The number of hydrogen-bond donors (Lipinski definition) is 1. The maximum atomic E-state index is 13.1. The molecular formula is C10H10ClF2N. The summed E-state index contributed by atoms with van der Waals surface area (Å²) in [5, 5.41) is 2.75. The van der Waals surface area contributed by atoms with Crippen LogP contribution in [0.15, 0.2) is 12.1 Å². The van der Waals surface area contributed by atoms with Crippen LogP contribution >= 0.6 is 11.6 Å². The first-order valence-corrected chi connectivity index (χ1v) is 4.94. The van der Waals surface area contributed by atoms with E-state index in [1.165, 1.54) is 12.1 Å². The molecular weight excluding hydrogens is 208 g/mol. The Labute approximate surface area is 86.1 Å². The summed E-state index contributed by atoms with van der Waals surface area (Å²) >= 11 is 5.39. The lowest BCUT2D eigenvalue weighted by Crippen LogP contribution is -2.13. The highest BCUT2D eigenvalue weighted by atomic mass is 35.5. The van der Waals surface area contributed by atoms with Gasteiger partial charge in [-0.1, -0.05) is 11.6 Å². The van der Waals surface area contributed by atoms with Crippen molar-refractivity contribution in [3.63, 3.8) is 0 Å². The molecule has 1 aromatic carbocycles. The average molecular weight is 218 g/mol. The summed E-state index contributed by atoms with van der Waals surface area (Å²) in [4.78, 5) is 0. The van der Waals surface area contributed by atoms with Gasteiger partial charge in [-0.2, -0.15) is 0 Å². The van der Waals surface area contributed by atoms with Crippen LogP contribution in [0.5, 0.6) is 0 Å². The van der Waals surface area contributed by atoms with Crippen molar-refractivity contribution in [2.45, 2.75) is 18.9 Å². The van der Waals surface area contributed by atoms with Crippen molar-refractivity contribution in [2.24, 2.45) is 0 Å². The summed E-state index contributed by atoms with van der Waals surface area (Å²) in [5.41, 5.74) is 0.641. The lowest BCUT2D eigenvalue weighted by Gasteiger charge is -2.11. The van der Waals surface area contributed by atoms with E-state index in [1.54, 1.807) is 0 Å². The molecule has 1 unspecified atom stereocenters. The first-order valence-electron chi connectivity index (χ1n) is 4.56. The highest BCUT2D eigenvalue weighted by molar-refractivity contribution is 6.30. The molecule has 0 aliphatic carbocycles. The van der Waals surface area contributed by atoms with Gasteiger partial charge >= 0.3 is 0 Å². The van der Waals surface area contributed by atoms with Crippen LogP contribution in [-0.2, 0) is 0 Å². The quantitative estimate of drug-likeness (QED) is 0.713. The Balaban J connectivity index is 2.34. The molecule has 0 amide bonds. The second kappa shape index (κ2) is 3.83. The molecule has 0 spiro atoms. The molecule has 4 heteroatoms. The maximum absolute atomic E-state index is 13.1. The van der Waals surface area contributed by atoms with Crippen molar-refractivity contribution >= 4 is 11.6 Å². The van der Waals surface area contributed by atoms with Crippen LogP contribution in [-0.4, -0.2) is 6.54 Å². The molecule has 0 aromatic heterocycles. The Morgan fingerprint density at radius 2 is 1.93 bits per heavy atom. The Kier molecular flexibility index (Phi) is 2.70. The third-order valence-corrected chi connectivity index (χ3v) is 2.83. The Morgan fingerprint density at radius 1 is 1.29 bits per heavy atom. The van der Waals surface area contributed by atoms with E-state index >= 15 is 0 Å². The summed E-state index contributed by atoms with van der Waals surface area (Å²) in [5.74, 6) is -1.37. The van der Waals surface area contributed by atoms with Gasteiger partial charge in [0.15, 0.2) is 0 Å². The molecule has 1 aliphatic heterocycles. The van der Waals surface area contributed by atoms with E-state index in [1.807, 2.05) is 0 Å². The average Bonchev–Trinajstić information content (AvgIpc) is 2.66. The predicted molar refractivity (Wildman–Crippen MR) is 51.3 cm³/mol. The fraction of sp³-hybridized carbons (Fsp3) is 0.400. The van der Waals surface area contributed by atoms with E-state index in [0.717, 1.165) is 19.4 Å². The predicted octanol–water partition coefficient (Wildman–Crippen LogP) is 3.04. The first kappa shape index (κ1) is 9.87. The third kappa shape index (κ3) is 1.74. The number of hydrogen-bond acceptors (Lipinski definition) is 1. The zero-order valence-electron chi connectivity index (χ0n) is 7.49. The minimum atomic E-state index is -0.685. The molecule has 14 heavy (non-hydrogen) atoms. The van der Waals surface area contributed by atoms with Crippen molar-refractivity contribution in [3.8, 4) is 0 Å². The van der Waals surface area contributed by atoms with Gasteiger partial charge in [-0.05, 0) is 37.1 Å². The van der Waals surface area contributed by atoms with Crippen LogP contribution in [0.25, 0.3) is 0 Å². The lowest BCUT2D eigenvalue weighted by molar-refractivity contribution is 0.566. The van der Waals surface area contributed by atoms with E-state index in [2.05, 4.69) is 5.32 Å². The zero-order valence-corrected chi connectivity index (χ0v) is 8.24. The molecule has 1 atom stereocenters. The third-order valence-electron chi connectivity index (χ3n) is 2.47. The van der Waals surface area contributed by atoms with Crippen molar-refractivity contribution in [2.75, 3.05) is 6.54 Å². The monoisotopic (exact) mass is 217 g/mol. The zero-order chi connectivity index (χ0) is 10.1. The fourth-order valence-electron chi connectivity index (χ4n) is 1.75. The minimum Gasteiger partial charge on any atom is -0.310 e. The summed E-state index contributed by atoms with van der Waals surface area (Å²) < 4.78 is 26.2. The Hall–Kier alpha value is -0.670. The molecule has 76 valence electrons. The molecule has 1 N–H and O–H groups in total. The van der Waals surface area contributed by atoms with Gasteiger partial charge < -0.3 is 5.32 Å². The summed E-state index contributed by atoms with van der Waals surface area (Å²) in [6, 6.07) is 2.67. The molecule has 1 aliphatic rings. The molecule has 0 saturated carbocycles. The largest absolute Gasteiger partial charge is 0.310 e. The van der Waals surface area contributed by atoms with Crippen LogP contribution in [0.3, 0.4) is 0 Å². The smallest absolute Gasteiger partial charge is 0.145 e. The second-order valence-electron chi connectivity index (χ2n) is 3.45. The summed E-state index contributed by atoms with van der Waals surface area (Å²) in [6.45, 7) is 0.899. The molecule has 1 saturated heterocycles. The minimum absolute atomic E-state index is 0.0660. The van der Waals surface area contributed by atoms with Gasteiger partial charge in [0.25, 0.3) is 0 Å². The first-order chi connectivity index (χ1) is 6.68. The fourth-order valence-corrected chi connectivity index (χ4v) is 1.85. The highest BCUT2D eigenvalue weighted by Gasteiger charge is 2.19. The van der Waals surface area contributed by atoms with Crippen LogP contribution in [0, 0.1) is 11.6 Å². The van der Waals surface area contributed by atoms with Gasteiger partial charge in [-0.3, -0.25) is 0 Å². The number of rotatable bonds is 1. The van der Waals surface area contributed by atoms with Crippen LogP contribution < -0.4 is 5.32 Å². The number of nitrogens with one attached hydrogen (secondary N) is 1. The molecule has 1 heterocycles. The number of halogens is 3. The van der Waals surface area contributed by atoms with Gasteiger partial charge in [-0.25, -0.2) is 8.78 Å². The van der Waals surface area contributed by atoms with Crippen molar-refractivity contribution in [1.29, 1.82) is 0 Å². The molecule has 1 fully saturated rings. The highest BCUT2D eigenvalue weighted by Crippen LogP contribution is 2.28. The maximum Gasteiger partial charge on any atom is 0.145 e. The van der Waals surface area contributed by atoms with E-state index < -0.39 is 16.7 Å². The van der Waals surface area contributed by atoms with E-state index in [9.17, 15) is 8.78 Å². The van der Waals surface area contributed by atoms with Gasteiger partial charge in [0.2, 0.25) is 0 Å². The lowest BCUT2D eigenvalue weighted by atomic mass is 10.1. The van der Waals surface area contributed by atoms with Gasteiger partial charge in [0.05, 0.1) is 0 Å². The number of benzene rings is 1. The standard InChI is InChI=1S/C10H10ClF2N/c11-10-7(12)4-6(5-8(10)13)9-2-1-3-14-9/h4-5,9,14H,1-3H2. The van der Waals surface area contributed by atoms with E-state index in [0.29, 0.717) is 5.56 Å². The van der Waals surface area contributed by atoms with Crippen LogP contribution in [0.4, 0.5) is 8.78 Å². The topological polar surface area (TPSA) is 12.0 Å². The summed E-state index contributed by atoms with van der Waals surface area (Å²) in [6.07, 6.45) is 1.96. The second-order valence-corrected chi connectivity index (χ2v) is 3.83. The Morgan fingerprint density at radius 3 is 2.43 bits per heavy atom. The Bertz CT molecular complexity index is 325. The molecule has 0 bridgehead atoms. The van der Waals surface area contributed by atoms with Gasteiger partial charge in [-0.15, -0.1) is 0 Å². The molecule has 1 nitrogen and oxygen atoms in total. The van der Waals surface area contributed by atoms with Crippen molar-refractivity contribution < 1.29 is 8.78 Å². The van der Waals surface area contributed by atoms with Gasteiger partial charge in [0.1, 0.15) is 16.7 Å². The molecule has 2 rings (SSSR count). The SMILES string of the molecule is Fc1cc(C2CCCN2)cc(F)c1Cl. The van der Waals surface area contributed by atoms with Crippen molar-refractivity contribution in [3.05, 3.63) is 34.4 Å². The van der Waals surface area contributed by atoms with Gasteiger partial charge in [0, 0.05) is 6.04 Å². The van der Waals surface area contributed by atoms with E-state index in [4.69, 9.17) is 11.6 Å². The normalized spacial score (nSPS) is 21.5. The van der Waals surface area contributed by atoms with Crippen molar-refractivity contribution in [1.82, 2.24) is 5.32 Å². The molecule has 1 aromatic rings. The van der Waals surface area contributed by atoms with E-state index in [-0.39, 0.29) is 6.04 Å². The molecule has 0 radical (unpaired) electrons. The van der Waals surface area contributed by atoms with Crippen LogP contribution in [0.2, 0.25) is 5.02 Å². The van der Waals surface area contributed by atoms with Crippen LogP contribution in [0.1, 0.15) is 24.4 Å². The summed E-state index contributed by atoms with van der Waals surface area (Å²) in [7, 11) is 0.